The number of azide groups is 2. The van der Waals surface area contributed by atoms with Crippen molar-refractivity contribution in [2.45, 2.75) is 65.9 Å². The van der Waals surface area contributed by atoms with E-state index in [1.54, 1.807) is 27.0 Å². The molecule has 0 aliphatic rings. The van der Waals surface area contributed by atoms with Crippen LogP contribution in [0.2, 0.25) is 0 Å². The van der Waals surface area contributed by atoms with E-state index in [9.17, 15) is 14.4 Å². The molecule has 0 saturated carbocycles. The molecule has 0 aliphatic heterocycles. The predicted octanol–water partition coefficient (Wildman–Crippen LogP) is 2.88. The van der Waals surface area contributed by atoms with E-state index in [2.05, 4.69) is 45.6 Å². The fourth-order valence-corrected chi connectivity index (χ4v) is 2.99. The summed E-state index contributed by atoms with van der Waals surface area (Å²) in [5.41, 5.74) is 16.8. The molecular formula is C27H50N14O6. The molecule has 1 amide bonds. The maximum atomic E-state index is 12.4. The summed E-state index contributed by atoms with van der Waals surface area (Å²) in [5, 5.41) is 17.2. The quantitative estimate of drug-likeness (QED) is 0.0176. The summed E-state index contributed by atoms with van der Waals surface area (Å²) in [6.45, 7) is 12.0. The number of nitrogens with two attached hydrogens (primary N) is 2. The van der Waals surface area contributed by atoms with Crippen molar-refractivity contribution in [3.63, 3.8) is 0 Å². The van der Waals surface area contributed by atoms with Gasteiger partial charge in [-0.25, -0.2) is 4.79 Å². The molecule has 20 nitrogen and oxygen atoms in total. The minimum absolute atomic E-state index is 0.106. The summed E-state index contributed by atoms with van der Waals surface area (Å²) >= 11 is 0. The molecule has 264 valence electrons. The highest BCUT2D eigenvalue weighted by molar-refractivity contribution is 6.32. The van der Waals surface area contributed by atoms with Crippen LogP contribution in [-0.4, -0.2) is 118 Å². The zero-order valence-electron chi connectivity index (χ0n) is 28.1. The van der Waals surface area contributed by atoms with Crippen LogP contribution in [0.25, 0.3) is 20.9 Å². The van der Waals surface area contributed by atoms with Gasteiger partial charge in [0, 0.05) is 88.2 Å². The van der Waals surface area contributed by atoms with Gasteiger partial charge in [-0.2, -0.15) is 10.2 Å². The Labute approximate surface area is 275 Å². The Bertz CT molecular complexity index is 1120. The minimum Gasteiger partial charge on any atom is -0.466 e. The molecule has 0 aromatic rings. The van der Waals surface area contributed by atoms with Crippen LogP contribution in [0.3, 0.4) is 0 Å². The van der Waals surface area contributed by atoms with Crippen LogP contribution >= 0.6 is 0 Å². The number of hydrazone groups is 2. The lowest BCUT2D eigenvalue weighted by atomic mass is 10.2. The van der Waals surface area contributed by atoms with Crippen LogP contribution in [0, 0.1) is 0 Å². The van der Waals surface area contributed by atoms with Crippen molar-refractivity contribution in [2.75, 3.05) is 65.6 Å². The number of aliphatic imine (C=N–C) groups is 2. The highest BCUT2D eigenvalue weighted by Crippen LogP contribution is 2.10. The SMILES string of the molecule is CC(=O)OCCCN=CC(CN(CCCN=[N+]=[N-])C(=O)OC(C)(C)C)=NN.CC(=O)OCCCN=CC(CNCCCN=[N+]=[N-])=NN. The zero-order valence-corrected chi connectivity index (χ0v) is 28.1. The molecule has 0 atom stereocenters. The Morgan fingerprint density at radius 3 is 1.79 bits per heavy atom. The number of nitrogens with one attached hydrogen (secondary N) is 1. The molecule has 20 heteroatoms. The molecule has 0 heterocycles. The summed E-state index contributed by atoms with van der Waals surface area (Å²) in [6.07, 6.45) is 4.99. The summed E-state index contributed by atoms with van der Waals surface area (Å²) < 4.78 is 15.0. The third-order valence-electron chi connectivity index (χ3n) is 5.02. The van der Waals surface area contributed by atoms with E-state index in [1.807, 2.05) is 0 Å². The van der Waals surface area contributed by atoms with Crippen LogP contribution in [0.4, 0.5) is 4.79 Å². The second kappa shape index (κ2) is 29.8. The fraction of sp³-hybridized carbons (Fsp3) is 0.741. The lowest BCUT2D eigenvalue weighted by Gasteiger charge is -2.27. The van der Waals surface area contributed by atoms with Crippen LogP contribution < -0.4 is 17.0 Å². The first-order valence-corrected chi connectivity index (χ1v) is 14.9. The van der Waals surface area contributed by atoms with E-state index in [0.29, 0.717) is 76.6 Å². The first kappa shape index (κ1) is 44.2. The Hall–Kier alpha value is -4.93. The van der Waals surface area contributed by atoms with Crippen molar-refractivity contribution in [3.05, 3.63) is 20.9 Å². The van der Waals surface area contributed by atoms with E-state index >= 15 is 0 Å². The average molecular weight is 667 g/mol. The van der Waals surface area contributed by atoms with Crippen LogP contribution in [0.1, 0.15) is 60.3 Å². The van der Waals surface area contributed by atoms with Gasteiger partial charge in [-0.1, -0.05) is 10.2 Å². The van der Waals surface area contributed by atoms with Crippen molar-refractivity contribution in [3.8, 4) is 0 Å². The van der Waals surface area contributed by atoms with Crippen molar-refractivity contribution in [1.82, 2.24) is 10.2 Å². The minimum atomic E-state index is -0.648. The van der Waals surface area contributed by atoms with Gasteiger partial charge in [0.05, 0.1) is 31.2 Å². The van der Waals surface area contributed by atoms with E-state index in [-0.39, 0.29) is 31.6 Å². The molecule has 0 aromatic carbocycles. The Balaban J connectivity index is 0. The number of carbonyl (C=O) groups is 3. The lowest BCUT2D eigenvalue weighted by Crippen LogP contribution is -2.41. The number of esters is 2. The van der Waals surface area contributed by atoms with Crippen LogP contribution in [0.15, 0.2) is 30.4 Å². The van der Waals surface area contributed by atoms with Gasteiger partial charge in [0.25, 0.3) is 0 Å². The van der Waals surface area contributed by atoms with Crippen molar-refractivity contribution < 1.29 is 28.6 Å². The molecule has 0 fully saturated rings. The number of carbonyl (C=O) groups excluding carboxylic acids is 3. The number of amides is 1. The number of rotatable bonds is 22. The second-order valence-electron chi connectivity index (χ2n) is 10.4. The first-order chi connectivity index (χ1) is 22.4. The number of ether oxygens (including phenoxy) is 3. The smallest absolute Gasteiger partial charge is 0.410 e. The predicted molar refractivity (Wildman–Crippen MR) is 180 cm³/mol. The molecule has 0 saturated heterocycles. The maximum Gasteiger partial charge on any atom is 0.410 e. The monoisotopic (exact) mass is 666 g/mol. The average Bonchev–Trinajstić information content (AvgIpc) is 3.00. The van der Waals surface area contributed by atoms with E-state index in [1.165, 1.54) is 25.0 Å². The molecule has 0 aromatic heterocycles. The molecule has 47 heavy (non-hydrogen) atoms. The van der Waals surface area contributed by atoms with E-state index in [4.69, 9.17) is 37.0 Å². The van der Waals surface area contributed by atoms with Gasteiger partial charge in [0.2, 0.25) is 0 Å². The Kier molecular flexibility index (Phi) is 28.0. The summed E-state index contributed by atoms with van der Waals surface area (Å²) in [7, 11) is 0. The third kappa shape index (κ3) is 32.3. The molecule has 0 spiro atoms. The lowest BCUT2D eigenvalue weighted by molar-refractivity contribution is -0.141. The molecule has 0 bridgehead atoms. The third-order valence-corrected chi connectivity index (χ3v) is 5.02. The van der Waals surface area contributed by atoms with Gasteiger partial charge in [0.1, 0.15) is 5.60 Å². The maximum absolute atomic E-state index is 12.4. The Morgan fingerprint density at radius 2 is 1.32 bits per heavy atom. The summed E-state index contributed by atoms with van der Waals surface area (Å²) in [6, 6.07) is 0. The summed E-state index contributed by atoms with van der Waals surface area (Å²) in [5.74, 6) is 10.00. The largest absolute Gasteiger partial charge is 0.466 e. The standard InChI is InChI=1S/C16H29N7O4.C11H21N7O2/c1-13(24)26-10-6-7-19-11-14(21-17)12-23(9-5-8-20-22-18)15(25)27-16(2,3)4;1-10(19)20-7-3-5-15-9-11(17-12)8-14-4-2-6-16-18-13/h11H,5-10,12,17H2,1-4H3;9,14H,2-8,12H2,1H3. The zero-order chi connectivity index (χ0) is 35.8. The van der Waals surface area contributed by atoms with Crippen molar-refractivity contribution >= 4 is 41.9 Å². The second-order valence-corrected chi connectivity index (χ2v) is 10.4. The highest BCUT2D eigenvalue weighted by atomic mass is 16.6. The van der Waals surface area contributed by atoms with Crippen molar-refractivity contribution in [2.24, 2.45) is 42.1 Å². The van der Waals surface area contributed by atoms with Gasteiger partial charge in [-0.3, -0.25) is 19.6 Å². The molecule has 5 N–H and O–H groups in total. The van der Waals surface area contributed by atoms with Gasteiger partial charge in [-0.05, 0) is 51.2 Å². The van der Waals surface area contributed by atoms with Crippen LogP contribution in [0.5, 0.6) is 0 Å². The summed E-state index contributed by atoms with van der Waals surface area (Å²) in [4.78, 5) is 48.6. The highest BCUT2D eigenvalue weighted by Gasteiger charge is 2.22. The van der Waals surface area contributed by atoms with Crippen LogP contribution in [-0.2, 0) is 23.8 Å². The normalized spacial score (nSPS) is 11.6. The van der Waals surface area contributed by atoms with Gasteiger partial charge >= 0.3 is 18.0 Å². The fourth-order valence-electron chi connectivity index (χ4n) is 2.99. The van der Waals surface area contributed by atoms with E-state index < -0.39 is 11.7 Å². The van der Waals surface area contributed by atoms with Crippen molar-refractivity contribution in [1.29, 1.82) is 0 Å². The first-order valence-electron chi connectivity index (χ1n) is 14.9. The molecular weight excluding hydrogens is 616 g/mol. The van der Waals surface area contributed by atoms with Gasteiger partial charge < -0.3 is 36.1 Å². The molecule has 0 aliphatic carbocycles. The molecule has 0 radical (unpaired) electrons. The molecule has 0 unspecified atom stereocenters. The van der Waals surface area contributed by atoms with Gasteiger partial charge in [0.15, 0.2) is 0 Å². The van der Waals surface area contributed by atoms with E-state index in [0.717, 1.165) is 6.42 Å². The molecule has 0 rings (SSSR count). The van der Waals surface area contributed by atoms with Gasteiger partial charge in [-0.15, -0.1) is 0 Å². The Morgan fingerprint density at radius 1 is 0.809 bits per heavy atom. The number of hydrogen-bond acceptors (Lipinski definition) is 15. The topological polar surface area (TPSA) is 293 Å². The number of nitrogens with zero attached hydrogens (tertiary/aromatic N) is 11. The number of hydrogen-bond donors (Lipinski definition) is 3.